The first-order chi connectivity index (χ1) is 25.5. The van der Waals surface area contributed by atoms with Crippen LogP contribution in [0.2, 0.25) is 0 Å². The van der Waals surface area contributed by atoms with E-state index in [0.29, 0.717) is 64.8 Å². The van der Waals surface area contributed by atoms with Crippen LogP contribution in [-0.4, -0.2) is 59.1 Å². The Morgan fingerprint density at radius 1 is 0.712 bits per heavy atom. The number of carbonyl (C=O) groups excluding carboxylic acids is 1. The van der Waals surface area contributed by atoms with Crippen molar-refractivity contribution in [2.75, 3.05) is 23.7 Å². The Labute approximate surface area is 304 Å². The van der Waals surface area contributed by atoms with Gasteiger partial charge in [0.2, 0.25) is 0 Å². The van der Waals surface area contributed by atoms with E-state index in [2.05, 4.69) is 55.8 Å². The highest BCUT2D eigenvalue weighted by atomic mass is 32.1. The number of alkyl carbamates (subject to hydrolysis) is 1. The third kappa shape index (κ3) is 9.68. The number of anilines is 2. The van der Waals surface area contributed by atoms with Gasteiger partial charge < -0.3 is 26.4 Å². The highest BCUT2D eigenvalue weighted by molar-refractivity contribution is 7.18. The molecular formula is C34H32F2N12O2S2. The molecule has 52 heavy (non-hydrogen) atoms. The van der Waals surface area contributed by atoms with E-state index in [4.69, 9.17) is 10.5 Å². The van der Waals surface area contributed by atoms with E-state index in [1.54, 1.807) is 18.3 Å². The molecule has 18 heteroatoms. The molecule has 0 aliphatic carbocycles. The number of pyridine rings is 2. The number of aromatic nitrogens is 8. The van der Waals surface area contributed by atoms with Crippen LogP contribution >= 0.6 is 22.7 Å². The molecule has 266 valence electrons. The Bertz CT molecular complexity index is 2240. The number of nitrogens with one attached hydrogen (secondary N) is 3. The van der Waals surface area contributed by atoms with E-state index in [1.807, 2.05) is 30.3 Å². The van der Waals surface area contributed by atoms with Crippen molar-refractivity contribution in [2.45, 2.75) is 32.5 Å². The van der Waals surface area contributed by atoms with Crippen LogP contribution in [0.15, 0.2) is 79.6 Å². The molecule has 7 rings (SSSR count). The fraction of sp³-hybridized carbons (Fsp3) is 0.206. The van der Waals surface area contributed by atoms with Gasteiger partial charge in [-0.05, 0) is 36.4 Å². The number of nitrogens with zero attached hydrogens (tertiary/aromatic N) is 8. The van der Waals surface area contributed by atoms with Gasteiger partial charge in [-0.25, -0.2) is 43.5 Å². The lowest BCUT2D eigenvalue weighted by molar-refractivity contribution is 0.140. The lowest BCUT2D eigenvalue weighted by atomic mass is 10.2. The molecule has 0 aliphatic rings. The average Bonchev–Trinajstić information content (AvgIpc) is 3.78. The standard InChI is InChI=1S/C21H19FN6O2S.C13H13FN6S/c22-15-7-4-9-23-16(15)11-25-19-18-20(27-13-26-19)31-17(28-18)8-10-24-21(29)30-12-14-5-2-1-3-6-14;14-8-2-1-5-16-9(8)6-17-12-11-13(19-7-18-12)21-10(20-11)3-4-15/h1-7,9,13H,8,10-12H2,(H,24,29)(H,25,26,27);1-2,5,7H,3-4,6,15H2,(H,17,18,19). The molecular weight excluding hydrogens is 711 g/mol. The zero-order valence-electron chi connectivity index (χ0n) is 27.5. The van der Waals surface area contributed by atoms with Crippen LogP contribution in [-0.2, 0) is 37.3 Å². The van der Waals surface area contributed by atoms with Gasteiger partial charge in [-0.2, -0.15) is 0 Å². The Morgan fingerprint density at radius 2 is 1.27 bits per heavy atom. The van der Waals surface area contributed by atoms with E-state index >= 15 is 0 Å². The largest absolute Gasteiger partial charge is 0.445 e. The van der Waals surface area contributed by atoms with Crippen LogP contribution in [0.25, 0.3) is 20.7 Å². The number of hydrogen-bond acceptors (Lipinski definition) is 15. The maximum absolute atomic E-state index is 13.8. The van der Waals surface area contributed by atoms with Crippen molar-refractivity contribution in [1.29, 1.82) is 0 Å². The van der Waals surface area contributed by atoms with Gasteiger partial charge in [0.25, 0.3) is 0 Å². The van der Waals surface area contributed by atoms with Gasteiger partial charge in [-0.3, -0.25) is 9.97 Å². The summed E-state index contributed by atoms with van der Waals surface area (Å²) < 4.78 is 32.5. The van der Waals surface area contributed by atoms with Crippen LogP contribution in [0.4, 0.5) is 25.2 Å². The summed E-state index contributed by atoms with van der Waals surface area (Å²) in [5, 5.41) is 10.6. The molecule has 0 bridgehead atoms. The molecule has 14 nitrogen and oxygen atoms in total. The van der Waals surface area contributed by atoms with E-state index in [9.17, 15) is 13.6 Å². The number of ether oxygens (including phenoxy) is 1. The molecule has 0 aliphatic heterocycles. The summed E-state index contributed by atoms with van der Waals surface area (Å²) in [5.74, 6) is 0.347. The van der Waals surface area contributed by atoms with Crippen molar-refractivity contribution in [1.82, 2.24) is 45.2 Å². The van der Waals surface area contributed by atoms with Crippen molar-refractivity contribution in [3.05, 3.63) is 118 Å². The van der Waals surface area contributed by atoms with E-state index in [-0.39, 0.29) is 31.3 Å². The number of benzene rings is 1. The Balaban J connectivity index is 0.000000192. The minimum absolute atomic E-state index is 0.181. The summed E-state index contributed by atoms with van der Waals surface area (Å²) in [7, 11) is 0. The molecule has 0 saturated heterocycles. The summed E-state index contributed by atoms with van der Waals surface area (Å²) in [5.41, 5.74) is 8.38. The fourth-order valence-electron chi connectivity index (χ4n) is 4.67. The third-order valence-electron chi connectivity index (χ3n) is 7.17. The van der Waals surface area contributed by atoms with Gasteiger partial charge in [0.15, 0.2) is 11.6 Å². The lowest BCUT2D eigenvalue weighted by Gasteiger charge is -2.06. The predicted molar refractivity (Wildman–Crippen MR) is 195 cm³/mol. The number of thiazole rings is 2. The van der Waals surface area contributed by atoms with Gasteiger partial charge in [-0.1, -0.05) is 53.0 Å². The van der Waals surface area contributed by atoms with E-state index in [1.165, 1.54) is 53.7 Å². The van der Waals surface area contributed by atoms with Gasteiger partial charge in [0.05, 0.1) is 34.5 Å². The highest BCUT2D eigenvalue weighted by Crippen LogP contribution is 2.26. The number of amides is 1. The van der Waals surface area contributed by atoms with Crippen molar-refractivity contribution in [3.63, 3.8) is 0 Å². The summed E-state index contributed by atoms with van der Waals surface area (Å²) in [4.78, 5) is 47.2. The van der Waals surface area contributed by atoms with Gasteiger partial charge >= 0.3 is 6.09 Å². The first-order valence-electron chi connectivity index (χ1n) is 16.0. The molecule has 5 N–H and O–H groups in total. The number of fused-ring (bicyclic) bond motifs is 2. The van der Waals surface area contributed by atoms with Crippen LogP contribution < -0.4 is 21.7 Å². The van der Waals surface area contributed by atoms with Crippen LogP contribution in [0.1, 0.15) is 27.0 Å². The van der Waals surface area contributed by atoms with Gasteiger partial charge in [0.1, 0.15) is 51.6 Å². The minimum atomic E-state index is -0.482. The molecule has 1 amide bonds. The molecule has 0 unspecified atom stereocenters. The van der Waals surface area contributed by atoms with Gasteiger partial charge in [0, 0.05) is 31.8 Å². The van der Waals surface area contributed by atoms with Gasteiger partial charge in [-0.15, -0.1) is 0 Å². The highest BCUT2D eigenvalue weighted by Gasteiger charge is 2.13. The predicted octanol–water partition coefficient (Wildman–Crippen LogP) is 5.44. The Morgan fingerprint density at radius 3 is 1.81 bits per heavy atom. The van der Waals surface area contributed by atoms with Crippen LogP contribution in [0.5, 0.6) is 0 Å². The second-order valence-corrected chi connectivity index (χ2v) is 12.9. The topological polar surface area (TPSA) is 192 Å². The third-order valence-corrected chi connectivity index (χ3v) is 9.22. The van der Waals surface area contributed by atoms with E-state index < -0.39 is 6.09 Å². The lowest BCUT2D eigenvalue weighted by Crippen LogP contribution is -2.26. The first-order valence-corrected chi connectivity index (χ1v) is 17.6. The Hall–Kier alpha value is -5.85. The molecule has 0 saturated carbocycles. The van der Waals surface area contributed by atoms with Crippen LogP contribution in [0, 0.1) is 11.6 Å². The molecule has 1 aromatic carbocycles. The zero-order valence-corrected chi connectivity index (χ0v) is 29.1. The summed E-state index contributed by atoms with van der Waals surface area (Å²) >= 11 is 2.90. The summed E-state index contributed by atoms with van der Waals surface area (Å²) in [6.45, 7) is 1.55. The summed E-state index contributed by atoms with van der Waals surface area (Å²) in [6.07, 6.45) is 6.73. The second kappa shape index (κ2) is 17.9. The number of rotatable bonds is 13. The average molecular weight is 743 g/mol. The Kier molecular flexibility index (Phi) is 12.4. The smallest absolute Gasteiger partial charge is 0.407 e. The monoisotopic (exact) mass is 742 g/mol. The first kappa shape index (κ1) is 36.0. The maximum atomic E-state index is 13.8. The maximum Gasteiger partial charge on any atom is 0.407 e. The SMILES string of the molecule is NCCc1nc2c(NCc3ncccc3F)ncnc2s1.O=C(NCCc1nc2c(NCc3ncccc3F)ncnc2s1)OCc1ccccc1. The van der Waals surface area contributed by atoms with E-state index in [0.717, 1.165) is 20.4 Å². The summed E-state index contributed by atoms with van der Waals surface area (Å²) in [6, 6.07) is 15.3. The van der Waals surface area contributed by atoms with Crippen molar-refractivity contribution < 1.29 is 18.3 Å². The number of halogens is 2. The van der Waals surface area contributed by atoms with Crippen LogP contribution in [0.3, 0.4) is 0 Å². The number of carbonyl (C=O) groups is 1. The number of nitrogens with two attached hydrogens (primary N) is 1. The minimum Gasteiger partial charge on any atom is -0.445 e. The van der Waals surface area contributed by atoms with Crippen molar-refractivity contribution in [2.24, 2.45) is 5.73 Å². The normalized spacial score (nSPS) is 10.8. The van der Waals surface area contributed by atoms with Crippen molar-refractivity contribution >= 4 is 61.1 Å². The molecule has 0 atom stereocenters. The molecule has 0 spiro atoms. The quantitative estimate of drug-likeness (QED) is 0.117. The molecule has 6 heterocycles. The fourth-order valence-corrected chi connectivity index (χ4v) is 6.49. The van der Waals surface area contributed by atoms with Crippen molar-refractivity contribution in [3.8, 4) is 0 Å². The number of hydrogen-bond donors (Lipinski definition) is 4. The molecule has 7 aromatic rings. The zero-order chi connectivity index (χ0) is 36.1. The second-order valence-electron chi connectivity index (χ2n) is 10.8. The molecule has 0 radical (unpaired) electrons. The molecule has 6 aromatic heterocycles. The molecule has 0 fully saturated rings.